The first-order valence-electron chi connectivity index (χ1n) is 5.75. The Morgan fingerprint density at radius 3 is 2.47 bits per heavy atom. The highest BCUT2D eigenvalue weighted by Gasteiger charge is 2.25. The van der Waals surface area contributed by atoms with E-state index >= 15 is 0 Å². The average molecular weight is 205 g/mol. The van der Waals surface area contributed by atoms with Gasteiger partial charge in [0.25, 0.3) is 0 Å². The van der Waals surface area contributed by atoms with Gasteiger partial charge in [-0.2, -0.15) is 0 Å². The molecule has 2 nitrogen and oxygen atoms in total. The van der Waals surface area contributed by atoms with E-state index in [0.29, 0.717) is 11.8 Å². The maximum absolute atomic E-state index is 9.20. The molecule has 1 saturated carbocycles. The molecule has 0 saturated heterocycles. The average Bonchev–Trinajstić information content (AvgIpc) is 2.17. The minimum absolute atomic E-state index is 0.350. The Balaban J connectivity index is 1.96. The molecule has 1 aliphatic carbocycles. The van der Waals surface area contributed by atoms with Crippen LogP contribution in [-0.2, 0) is 6.42 Å². The van der Waals surface area contributed by atoms with E-state index in [1.807, 2.05) is 19.2 Å². The molecule has 0 aliphatic heterocycles. The lowest BCUT2D eigenvalue weighted by Crippen LogP contribution is -2.38. The van der Waals surface area contributed by atoms with E-state index < -0.39 is 0 Å². The van der Waals surface area contributed by atoms with Gasteiger partial charge in [-0.15, -0.1) is 0 Å². The van der Waals surface area contributed by atoms with E-state index in [-0.39, 0.29) is 0 Å². The first kappa shape index (κ1) is 10.5. The van der Waals surface area contributed by atoms with Crippen molar-refractivity contribution in [2.45, 2.75) is 31.7 Å². The summed E-state index contributed by atoms with van der Waals surface area (Å²) in [6, 6.07) is 8.16. The topological polar surface area (TPSA) is 32.3 Å². The highest BCUT2D eigenvalue weighted by atomic mass is 16.3. The van der Waals surface area contributed by atoms with E-state index in [1.165, 1.54) is 24.8 Å². The zero-order valence-electron chi connectivity index (χ0n) is 9.24. The van der Waals surface area contributed by atoms with Gasteiger partial charge in [-0.25, -0.2) is 0 Å². The summed E-state index contributed by atoms with van der Waals surface area (Å²) in [5, 5.41) is 12.6. The third-order valence-corrected chi connectivity index (χ3v) is 3.48. The van der Waals surface area contributed by atoms with Gasteiger partial charge in [0.05, 0.1) is 0 Å². The zero-order valence-corrected chi connectivity index (χ0v) is 9.24. The number of aromatic hydroxyl groups is 1. The third kappa shape index (κ3) is 2.51. The summed E-state index contributed by atoms with van der Waals surface area (Å²) in [7, 11) is 2.05. The molecule has 2 N–H and O–H groups in total. The number of nitrogens with one attached hydrogen (secondary N) is 1. The number of benzene rings is 1. The van der Waals surface area contributed by atoms with Crippen LogP contribution in [0.4, 0.5) is 0 Å². The molecule has 0 spiro atoms. The highest BCUT2D eigenvalue weighted by molar-refractivity contribution is 5.26. The van der Waals surface area contributed by atoms with E-state index in [9.17, 15) is 5.11 Å². The van der Waals surface area contributed by atoms with Crippen LogP contribution >= 0.6 is 0 Å². The van der Waals surface area contributed by atoms with Crippen molar-refractivity contribution >= 4 is 0 Å². The number of hydrogen-bond acceptors (Lipinski definition) is 2. The molecule has 1 aliphatic rings. The van der Waals surface area contributed by atoms with Crippen molar-refractivity contribution in [3.8, 4) is 5.75 Å². The van der Waals surface area contributed by atoms with Crippen LogP contribution in [0.2, 0.25) is 0 Å². The van der Waals surface area contributed by atoms with Gasteiger partial charge >= 0.3 is 0 Å². The van der Waals surface area contributed by atoms with Gasteiger partial charge in [0.2, 0.25) is 0 Å². The predicted octanol–water partition coefficient (Wildman–Crippen LogP) is 2.32. The minimum atomic E-state index is 0.350. The van der Waals surface area contributed by atoms with Crippen LogP contribution in [0.3, 0.4) is 0 Å². The molecule has 1 aromatic rings. The van der Waals surface area contributed by atoms with Gasteiger partial charge in [0, 0.05) is 6.04 Å². The van der Waals surface area contributed by atoms with E-state index in [2.05, 4.69) is 5.32 Å². The molecule has 1 atom stereocenters. The van der Waals surface area contributed by atoms with Crippen LogP contribution in [0.1, 0.15) is 24.8 Å². The lowest BCUT2D eigenvalue weighted by Gasteiger charge is -2.33. The maximum Gasteiger partial charge on any atom is 0.115 e. The maximum atomic E-state index is 9.20. The lowest BCUT2D eigenvalue weighted by atomic mass is 9.78. The van der Waals surface area contributed by atoms with Crippen LogP contribution in [0, 0.1) is 5.92 Å². The molecule has 0 heterocycles. The second-order valence-electron chi connectivity index (χ2n) is 4.46. The van der Waals surface area contributed by atoms with Crippen molar-refractivity contribution in [2.24, 2.45) is 5.92 Å². The first-order chi connectivity index (χ1) is 7.29. The Bertz CT molecular complexity index is 303. The molecule has 0 aromatic heterocycles. The van der Waals surface area contributed by atoms with Crippen molar-refractivity contribution < 1.29 is 5.11 Å². The fourth-order valence-corrected chi connectivity index (χ4v) is 2.23. The molecule has 0 radical (unpaired) electrons. The Labute approximate surface area is 91.3 Å². The van der Waals surface area contributed by atoms with E-state index in [1.54, 1.807) is 12.1 Å². The number of likely N-dealkylation sites (N-methyl/N-ethyl adjacent to an activating group) is 1. The Hall–Kier alpha value is -1.02. The molecular weight excluding hydrogens is 186 g/mol. The molecule has 2 heteroatoms. The fourth-order valence-electron chi connectivity index (χ4n) is 2.23. The Morgan fingerprint density at radius 1 is 1.33 bits per heavy atom. The molecule has 1 fully saturated rings. The minimum Gasteiger partial charge on any atom is -0.508 e. The molecule has 1 unspecified atom stereocenters. The van der Waals surface area contributed by atoms with Crippen molar-refractivity contribution in [2.75, 3.05) is 7.05 Å². The number of phenolic OH excluding ortho intramolecular Hbond substituents is 1. The van der Waals surface area contributed by atoms with Crippen LogP contribution in [0.5, 0.6) is 5.75 Å². The summed E-state index contributed by atoms with van der Waals surface area (Å²) in [4.78, 5) is 0. The molecule has 0 amide bonds. The quantitative estimate of drug-likeness (QED) is 0.790. The van der Waals surface area contributed by atoms with Crippen molar-refractivity contribution in [1.29, 1.82) is 0 Å². The summed E-state index contributed by atoms with van der Waals surface area (Å²) in [5.74, 6) is 1.20. The second-order valence-corrected chi connectivity index (χ2v) is 4.46. The van der Waals surface area contributed by atoms with E-state index in [0.717, 1.165) is 12.3 Å². The Morgan fingerprint density at radius 2 is 2.00 bits per heavy atom. The van der Waals surface area contributed by atoms with Crippen LogP contribution < -0.4 is 5.32 Å². The van der Waals surface area contributed by atoms with Gasteiger partial charge < -0.3 is 10.4 Å². The number of phenols is 1. The summed E-state index contributed by atoms with van der Waals surface area (Å²) >= 11 is 0. The highest BCUT2D eigenvalue weighted by Crippen LogP contribution is 2.31. The largest absolute Gasteiger partial charge is 0.508 e. The molecule has 1 aromatic carbocycles. The summed E-state index contributed by atoms with van der Waals surface area (Å²) in [5.41, 5.74) is 1.30. The monoisotopic (exact) mass is 205 g/mol. The van der Waals surface area contributed by atoms with Crippen LogP contribution in [0.25, 0.3) is 0 Å². The van der Waals surface area contributed by atoms with Gasteiger partial charge in [-0.05, 0) is 49.9 Å². The summed E-state index contributed by atoms with van der Waals surface area (Å²) < 4.78 is 0. The summed E-state index contributed by atoms with van der Waals surface area (Å²) in [6.45, 7) is 0. The molecule has 2 rings (SSSR count). The van der Waals surface area contributed by atoms with Crippen molar-refractivity contribution in [3.63, 3.8) is 0 Å². The zero-order chi connectivity index (χ0) is 10.7. The van der Waals surface area contributed by atoms with Gasteiger partial charge in [-0.3, -0.25) is 0 Å². The standard InChI is InChI=1S/C13H19NO/c1-14-13(11-3-2-4-11)9-10-5-7-12(15)8-6-10/h5-8,11,13-15H,2-4,9H2,1H3. The number of hydrogen-bond donors (Lipinski definition) is 2. The van der Waals surface area contributed by atoms with Crippen LogP contribution in [0.15, 0.2) is 24.3 Å². The van der Waals surface area contributed by atoms with Gasteiger partial charge in [-0.1, -0.05) is 18.6 Å². The van der Waals surface area contributed by atoms with Gasteiger partial charge in [0.1, 0.15) is 5.75 Å². The SMILES string of the molecule is CNC(Cc1ccc(O)cc1)C1CCC1. The van der Waals surface area contributed by atoms with Crippen molar-refractivity contribution in [3.05, 3.63) is 29.8 Å². The molecule has 82 valence electrons. The smallest absolute Gasteiger partial charge is 0.115 e. The normalized spacial score (nSPS) is 18.5. The predicted molar refractivity (Wildman–Crippen MR) is 62.0 cm³/mol. The molecular formula is C13H19NO. The van der Waals surface area contributed by atoms with E-state index in [4.69, 9.17) is 0 Å². The first-order valence-corrected chi connectivity index (χ1v) is 5.75. The summed E-state index contributed by atoms with van der Waals surface area (Å²) in [6.07, 6.45) is 5.19. The Kier molecular flexibility index (Phi) is 3.27. The van der Waals surface area contributed by atoms with Crippen molar-refractivity contribution in [1.82, 2.24) is 5.32 Å². The molecule has 15 heavy (non-hydrogen) atoms. The third-order valence-electron chi connectivity index (χ3n) is 3.48. The van der Waals surface area contributed by atoms with Gasteiger partial charge in [0.15, 0.2) is 0 Å². The molecule has 0 bridgehead atoms. The lowest BCUT2D eigenvalue weighted by molar-refractivity contribution is 0.236. The van der Waals surface area contributed by atoms with Crippen LogP contribution in [-0.4, -0.2) is 18.2 Å². The number of rotatable bonds is 4. The fraction of sp³-hybridized carbons (Fsp3) is 0.538. The second kappa shape index (κ2) is 4.67.